The third-order valence-corrected chi connectivity index (χ3v) is 3.02. The zero-order valence-corrected chi connectivity index (χ0v) is 11.8. The van der Waals surface area contributed by atoms with Crippen molar-refractivity contribution in [2.24, 2.45) is 0 Å². The Bertz CT molecular complexity index is 643. The number of hydrogen-bond acceptors (Lipinski definition) is 3. The largest absolute Gasteiger partial charge is 0.397 e. The van der Waals surface area contributed by atoms with E-state index in [1.807, 2.05) is 13.0 Å². The molecule has 1 amide bonds. The number of nitrogens with one attached hydrogen (secondary N) is 2. The molecule has 4 nitrogen and oxygen atoms in total. The van der Waals surface area contributed by atoms with Gasteiger partial charge < -0.3 is 16.4 Å². The highest BCUT2D eigenvalue weighted by Gasteiger charge is 2.07. The minimum atomic E-state index is -0.270. The van der Waals surface area contributed by atoms with Gasteiger partial charge in [-0.25, -0.2) is 4.39 Å². The van der Waals surface area contributed by atoms with E-state index in [9.17, 15) is 9.18 Å². The van der Waals surface area contributed by atoms with Crippen molar-refractivity contribution in [1.29, 1.82) is 0 Å². The van der Waals surface area contributed by atoms with Crippen LogP contribution in [0.3, 0.4) is 0 Å². The van der Waals surface area contributed by atoms with E-state index >= 15 is 0 Å². The summed E-state index contributed by atoms with van der Waals surface area (Å²) in [6.07, 6.45) is 0. The average molecular weight is 287 g/mol. The van der Waals surface area contributed by atoms with Crippen LogP contribution in [-0.4, -0.2) is 12.5 Å². The average Bonchev–Trinajstić information content (AvgIpc) is 2.46. The van der Waals surface area contributed by atoms with Crippen LogP contribution in [0.5, 0.6) is 0 Å². The zero-order chi connectivity index (χ0) is 15.2. The molecule has 0 saturated heterocycles. The first-order valence-electron chi connectivity index (χ1n) is 6.76. The van der Waals surface area contributed by atoms with E-state index in [2.05, 4.69) is 10.6 Å². The van der Waals surface area contributed by atoms with Gasteiger partial charge in [-0.05, 0) is 42.8 Å². The molecule has 2 rings (SSSR count). The predicted molar refractivity (Wildman–Crippen MR) is 82.6 cm³/mol. The summed E-state index contributed by atoms with van der Waals surface area (Å²) in [5.41, 5.74) is 8.47. The minimum Gasteiger partial charge on any atom is -0.397 e. The Morgan fingerprint density at radius 2 is 2.05 bits per heavy atom. The second kappa shape index (κ2) is 6.74. The molecule has 0 aliphatic carbocycles. The molecule has 21 heavy (non-hydrogen) atoms. The van der Waals surface area contributed by atoms with Crippen molar-refractivity contribution in [3.05, 3.63) is 59.4 Å². The van der Waals surface area contributed by atoms with Crippen LogP contribution < -0.4 is 16.4 Å². The number of carbonyl (C=O) groups is 1. The predicted octanol–water partition coefficient (Wildman–Crippen LogP) is 2.77. The summed E-state index contributed by atoms with van der Waals surface area (Å²) in [4.78, 5) is 11.7. The van der Waals surface area contributed by atoms with Crippen LogP contribution in [0.4, 0.5) is 15.8 Å². The van der Waals surface area contributed by atoms with E-state index in [1.54, 1.807) is 24.3 Å². The lowest BCUT2D eigenvalue weighted by molar-refractivity contribution is 0.0956. The molecule has 0 aromatic heterocycles. The van der Waals surface area contributed by atoms with Gasteiger partial charge in [0.15, 0.2) is 0 Å². The lowest BCUT2D eigenvalue weighted by atomic mass is 10.1. The zero-order valence-electron chi connectivity index (χ0n) is 11.8. The number of rotatable bonds is 5. The lowest BCUT2D eigenvalue weighted by Crippen LogP contribution is -2.22. The molecular weight excluding hydrogens is 269 g/mol. The Hall–Kier alpha value is -2.56. The Morgan fingerprint density at radius 3 is 2.71 bits per heavy atom. The van der Waals surface area contributed by atoms with Crippen molar-refractivity contribution in [2.45, 2.75) is 13.5 Å². The highest BCUT2D eigenvalue weighted by Crippen LogP contribution is 2.20. The van der Waals surface area contributed by atoms with E-state index in [1.165, 1.54) is 12.1 Å². The van der Waals surface area contributed by atoms with E-state index in [0.29, 0.717) is 30.0 Å². The topological polar surface area (TPSA) is 67.2 Å². The third kappa shape index (κ3) is 3.95. The maximum Gasteiger partial charge on any atom is 0.251 e. The Labute approximate surface area is 123 Å². The molecule has 0 radical (unpaired) electrons. The number of nitrogen functional groups attached to an aromatic ring is 1. The summed E-state index contributed by atoms with van der Waals surface area (Å²) in [7, 11) is 0. The summed E-state index contributed by atoms with van der Waals surface area (Å²) in [6, 6.07) is 11.4. The van der Waals surface area contributed by atoms with Crippen LogP contribution in [-0.2, 0) is 6.54 Å². The Balaban J connectivity index is 2.06. The van der Waals surface area contributed by atoms with Crippen molar-refractivity contribution in [1.82, 2.24) is 5.32 Å². The van der Waals surface area contributed by atoms with Crippen LogP contribution >= 0.6 is 0 Å². The number of carbonyl (C=O) groups excluding carboxylic acids is 1. The van der Waals surface area contributed by atoms with Crippen LogP contribution in [0, 0.1) is 5.82 Å². The smallest absolute Gasteiger partial charge is 0.251 e. The van der Waals surface area contributed by atoms with Gasteiger partial charge in [0, 0.05) is 18.7 Å². The molecule has 110 valence electrons. The molecule has 0 unspecified atom stereocenters. The van der Waals surface area contributed by atoms with Crippen LogP contribution in [0.1, 0.15) is 22.8 Å². The molecule has 0 bridgehead atoms. The second-order valence-electron chi connectivity index (χ2n) is 4.64. The van der Waals surface area contributed by atoms with Gasteiger partial charge in [-0.1, -0.05) is 12.1 Å². The van der Waals surface area contributed by atoms with Crippen molar-refractivity contribution < 1.29 is 9.18 Å². The maximum absolute atomic E-state index is 13.1. The summed E-state index contributed by atoms with van der Waals surface area (Å²) < 4.78 is 13.1. The molecule has 0 heterocycles. The Kier molecular flexibility index (Phi) is 4.77. The first kappa shape index (κ1) is 14.8. The number of nitrogens with two attached hydrogens (primary N) is 1. The summed E-state index contributed by atoms with van der Waals surface area (Å²) in [6.45, 7) is 2.89. The first-order chi connectivity index (χ1) is 10.1. The molecule has 0 fully saturated rings. The minimum absolute atomic E-state index is 0.152. The number of hydrogen-bond donors (Lipinski definition) is 3. The molecule has 0 aliphatic rings. The monoisotopic (exact) mass is 287 g/mol. The molecule has 2 aromatic carbocycles. The SMILES string of the molecule is CCNC(=O)c1ccc(NCc2cccc(F)c2)c(N)c1. The molecule has 0 saturated carbocycles. The number of amides is 1. The molecule has 2 aromatic rings. The van der Waals surface area contributed by atoms with Crippen LogP contribution in [0.15, 0.2) is 42.5 Å². The molecule has 4 N–H and O–H groups in total. The highest BCUT2D eigenvalue weighted by atomic mass is 19.1. The third-order valence-electron chi connectivity index (χ3n) is 3.02. The standard InChI is InChI=1S/C16H18FN3O/c1-2-19-16(21)12-6-7-15(14(18)9-12)20-10-11-4-3-5-13(17)8-11/h3-9,20H,2,10,18H2,1H3,(H,19,21). The number of anilines is 2. The normalized spacial score (nSPS) is 10.2. The molecule has 0 atom stereocenters. The second-order valence-corrected chi connectivity index (χ2v) is 4.64. The number of benzene rings is 2. The van der Waals surface area contributed by atoms with Gasteiger partial charge in [0.05, 0.1) is 11.4 Å². The van der Waals surface area contributed by atoms with Crippen LogP contribution in [0.25, 0.3) is 0 Å². The van der Waals surface area contributed by atoms with Gasteiger partial charge in [-0.2, -0.15) is 0 Å². The fourth-order valence-electron chi connectivity index (χ4n) is 1.97. The van der Waals surface area contributed by atoms with Gasteiger partial charge in [-0.15, -0.1) is 0 Å². The van der Waals surface area contributed by atoms with Gasteiger partial charge in [0.25, 0.3) is 5.91 Å². The van der Waals surface area contributed by atoms with E-state index in [4.69, 9.17) is 5.73 Å². The number of halogens is 1. The van der Waals surface area contributed by atoms with Crippen LogP contribution in [0.2, 0.25) is 0 Å². The Morgan fingerprint density at radius 1 is 1.24 bits per heavy atom. The summed E-state index contributed by atoms with van der Waals surface area (Å²) in [5.74, 6) is -0.422. The van der Waals surface area contributed by atoms with E-state index < -0.39 is 0 Å². The maximum atomic E-state index is 13.1. The fourth-order valence-corrected chi connectivity index (χ4v) is 1.97. The van der Waals surface area contributed by atoms with Crippen molar-refractivity contribution in [2.75, 3.05) is 17.6 Å². The van der Waals surface area contributed by atoms with Crippen molar-refractivity contribution in [3.63, 3.8) is 0 Å². The van der Waals surface area contributed by atoms with E-state index in [0.717, 1.165) is 5.56 Å². The highest BCUT2D eigenvalue weighted by molar-refractivity contribution is 5.96. The van der Waals surface area contributed by atoms with Gasteiger partial charge in [-0.3, -0.25) is 4.79 Å². The summed E-state index contributed by atoms with van der Waals surface area (Å²) >= 11 is 0. The lowest BCUT2D eigenvalue weighted by Gasteiger charge is -2.11. The summed E-state index contributed by atoms with van der Waals surface area (Å²) in [5, 5.41) is 5.85. The van der Waals surface area contributed by atoms with Crippen molar-refractivity contribution >= 4 is 17.3 Å². The molecule has 0 spiro atoms. The fraction of sp³-hybridized carbons (Fsp3) is 0.188. The molecular formula is C16H18FN3O. The molecule has 5 heteroatoms. The van der Waals surface area contributed by atoms with Crippen molar-refractivity contribution in [3.8, 4) is 0 Å². The van der Waals surface area contributed by atoms with Gasteiger partial charge >= 0.3 is 0 Å². The van der Waals surface area contributed by atoms with Gasteiger partial charge in [0.2, 0.25) is 0 Å². The quantitative estimate of drug-likeness (QED) is 0.741. The van der Waals surface area contributed by atoms with Gasteiger partial charge in [0.1, 0.15) is 5.82 Å². The first-order valence-corrected chi connectivity index (χ1v) is 6.76. The molecule has 0 aliphatic heterocycles. The van der Waals surface area contributed by atoms with E-state index in [-0.39, 0.29) is 11.7 Å².